The van der Waals surface area contributed by atoms with Gasteiger partial charge in [0.1, 0.15) is 5.92 Å². The highest BCUT2D eigenvalue weighted by Crippen LogP contribution is 2.01. The van der Waals surface area contributed by atoms with Crippen LogP contribution in [0.5, 0.6) is 0 Å². The lowest BCUT2D eigenvalue weighted by molar-refractivity contribution is -0.152. The quantitative estimate of drug-likeness (QED) is 0.558. The fraction of sp³-hybridized carbons (Fsp3) is 0.889. The predicted molar refractivity (Wildman–Crippen MR) is 48.5 cm³/mol. The molecule has 0 amide bonds. The van der Waals surface area contributed by atoms with E-state index in [2.05, 4.69) is 0 Å². The number of ether oxygens (including phenoxy) is 3. The number of hydrogen-bond acceptors (Lipinski definition) is 4. The van der Waals surface area contributed by atoms with Gasteiger partial charge in [-0.3, -0.25) is 4.79 Å². The molecular weight excluding hydrogens is 172 g/mol. The summed E-state index contributed by atoms with van der Waals surface area (Å²) >= 11 is 0. The average Bonchev–Trinajstić information content (AvgIpc) is 2.12. The Balaban J connectivity index is 3.83. The fourth-order valence-electron chi connectivity index (χ4n) is 0.906. The normalized spacial score (nSPS) is 12.5. The van der Waals surface area contributed by atoms with E-state index in [-0.39, 0.29) is 11.9 Å². The lowest BCUT2D eigenvalue weighted by Gasteiger charge is -2.13. The monoisotopic (exact) mass is 190 g/mol. The molecule has 0 saturated heterocycles. The van der Waals surface area contributed by atoms with Crippen molar-refractivity contribution in [1.82, 2.24) is 0 Å². The number of carbonyl (C=O) groups is 1. The molecule has 1 atom stereocenters. The molecule has 0 aliphatic carbocycles. The highest BCUT2D eigenvalue weighted by Gasteiger charge is 2.19. The Kier molecular flexibility index (Phi) is 7.63. The van der Waals surface area contributed by atoms with Crippen molar-refractivity contribution in [3.05, 3.63) is 0 Å². The topological polar surface area (TPSA) is 44.8 Å². The van der Waals surface area contributed by atoms with E-state index < -0.39 is 0 Å². The minimum absolute atomic E-state index is 0.252. The van der Waals surface area contributed by atoms with Gasteiger partial charge in [-0.05, 0) is 13.8 Å². The van der Waals surface area contributed by atoms with E-state index in [4.69, 9.17) is 14.2 Å². The molecular formula is C9H18O4. The van der Waals surface area contributed by atoms with Crippen molar-refractivity contribution in [3.63, 3.8) is 0 Å². The molecule has 0 heterocycles. The smallest absolute Gasteiger partial charge is 0.313 e. The van der Waals surface area contributed by atoms with Crippen molar-refractivity contribution in [1.29, 1.82) is 0 Å². The Bertz CT molecular complexity index is 136. The first kappa shape index (κ1) is 12.4. The third-order valence-electron chi connectivity index (χ3n) is 1.51. The summed E-state index contributed by atoms with van der Waals surface area (Å²) < 4.78 is 14.9. The van der Waals surface area contributed by atoms with Gasteiger partial charge in [0.25, 0.3) is 0 Å². The molecule has 0 aromatic carbocycles. The van der Waals surface area contributed by atoms with Gasteiger partial charge in [-0.25, -0.2) is 0 Å². The molecule has 0 aromatic heterocycles. The lowest BCUT2D eigenvalue weighted by Crippen LogP contribution is -2.26. The first-order chi connectivity index (χ1) is 6.26. The highest BCUT2D eigenvalue weighted by molar-refractivity contribution is 5.72. The second-order valence-corrected chi connectivity index (χ2v) is 2.56. The van der Waals surface area contributed by atoms with Crippen molar-refractivity contribution in [3.8, 4) is 0 Å². The van der Waals surface area contributed by atoms with Crippen LogP contribution in [0, 0.1) is 5.92 Å². The second kappa shape index (κ2) is 8.01. The average molecular weight is 190 g/mol. The van der Waals surface area contributed by atoms with E-state index in [9.17, 15) is 4.79 Å². The van der Waals surface area contributed by atoms with Gasteiger partial charge in [-0.15, -0.1) is 0 Å². The zero-order valence-corrected chi connectivity index (χ0v) is 8.54. The van der Waals surface area contributed by atoms with Crippen LogP contribution < -0.4 is 0 Å². The second-order valence-electron chi connectivity index (χ2n) is 2.56. The van der Waals surface area contributed by atoms with Crippen LogP contribution in [0.4, 0.5) is 0 Å². The molecule has 0 fully saturated rings. The van der Waals surface area contributed by atoms with Gasteiger partial charge in [-0.2, -0.15) is 0 Å². The van der Waals surface area contributed by atoms with E-state index in [1.54, 1.807) is 14.0 Å². The summed E-state index contributed by atoms with van der Waals surface area (Å²) in [6.45, 7) is 5.37. The molecule has 0 bridgehead atoms. The molecule has 0 radical (unpaired) electrons. The molecule has 0 aliphatic heterocycles. The van der Waals surface area contributed by atoms with Crippen molar-refractivity contribution >= 4 is 5.97 Å². The van der Waals surface area contributed by atoms with Crippen LogP contribution >= 0.6 is 0 Å². The SMILES string of the molecule is CCOCC(COC)C(=O)OCC. The zero-order chi connectivity index (χ0) is 10.1. The summed E-state index contributed by atoms with van der Waals surface area (Å²) in [6, 6.07) is 0. The van der Waals surface area contributed by atoms with Gasteiger partial charge in [0, 0.05) is 13.7 Å². The van der Waals surface area contributed by atoms with Crippen LogP contribution in [0.3, 0.4) is 0 Å². The van der Waals surface area contributed by atoms with Crippen LogP contribution in [-0.4, -0.2) is 39.5 Å². The minimum Gasteiger partial charge on any atom is -0.466 e. The van der Waals surface area contributed by atoms with Crippen LogP contribution in [0.15, 0.2) is 0 Å². The van der Waals surface area contributed by atoms with Crippen molar-refractivity contribution in [2.45, 2.75) is 13.8 Å². The van der Waals surface area contributed by atoms with Crippen LogP contribution in [0.25, 0.3) is 0 Å². The number of methoxy groups -OCH3 is 1. The highest BCUT2D eigenvalue weighted by atomic mass is 16.5. The Morgan fingerprint density at radius 2 is 1.92 bits per heavy atom. The number of rotatable bonds is 7. The van der Waals surface area contributed by atoms with Gasteiger partial charge in [0.2, 0.25) is 0 Å². The number of carbonyl (C=O) groups excluding carboxylic acids is 1. The van der Waals surface area contributed by atoms with E-state index in [1.165, 1.54) is 0 Å². The molecule has 78 valence electrons. The van der Waals surface area contributed by atoms with Gasteiger partial charge in [-0.1, -0.05) is 0 Å². The first-order valence-electron chi connectivity index (χ1n) is 4.49. The van der Waals surface area contributed by atoms with Crippen molar-refractivity contribution in [2.75, 3.05) is 33.5 Å². The third kappa shape index (κ3) is 5.60. The molecule has 0 N–H and O–H groups in total. The number of hydrogen-bond donors (Lipinski definition) is 0. The van der Waals surface area contributed by atoms with Crippen LogP contribution in [-0.2, 0) is 19.0 Å². The molecule has 0 saturated carbocycles. The summed E-state index contributed by atoms with van der Waals surface area (Å²) in [6.07, 6.45) is 0. The largest absolute Gasteiger partial charge is 0.466 e. The minimum atomic E-state index is -0.301. The summed E-state index contributed by atoms with van der Waals surface area (Å²) in [7, 11) is 1.55. The molecule has 0 aliphatic rings. The Morgan fingerprint density at radius 3 is 2.38 bits per heavy atom. The standard InChI is InChI=1S/C9H18O4/c1-4-12-7-8(6-11-3)9(10)13-5-2/h8H,4-7H2,1-3H3. The maximum Gasteiger partial charge on any atom is 0.313 e. The molecule has 0 aromatic rings. The first-order valence-corrected chi connectivity index (χ1v) is 4.49. The molecule has 13 heavy (non-hydrogen) atoms. The van der Waals surface area contributed by atoms with Gasteiger partial charge >= 0.3 is 5.97 Å². The Morgan fingerprint density at radius 1 is 1.23 bits per heavy atom. The number of esters is 1. The summed E-state index contributed by atoms with van der Waals surface area (Å²) in [5, 5.41) is 0. The van der Waals surface area contributed by atoms with E-state index in [0.717, 1.165) is 0 Å². The summed E-state index contributed by atoms with van der Waals surface area (Å²) in [5.74, 6) is -0.553. The Hall–Kier alpha value is -0.610. The maximum absolute atomic E-state index is 11.3. The van der Waals surface area contributed by atoms with Crippen LogP contribution in [0.1, 0.15) is 13.8 Å². The lowest BCUT2D eigenvalue weighted by atomic mass is 10.2. The zero-order valence-electron chi connectivity index (χ0n) is 8.54. The van der Waals surface area contributed by atoms with Crippen LogP contribution in [0.2, 0.25) is 0 Å². The van der Waals surface area contributed by atoms with Crippen molar-refractivity contribution < 1.29 is 19.0 Å². The summed E-state index contributed by atoms with van der Waals surface area (Å²) in [5.41, 5.74) is 0. The molecule has 4 heteroatoms. The molecule has 0 spiro atoms. The van der Waals surface area contributed by atoms with E-state index in [1.807, 2.05) is 6.92 Å². The summed E-state index contributed by atoms with van der Waals surface area (Å²) in [4.78, 5) is 11.3. The molecule has 1 unspecified atom stereocenters. The molecule has 4 nitrogen and oxygen atoms in total. The predicted octanol–water partition coefficient (Wildman–Crippen LogP) is 0.849. The van der Waals surface area contributed by atoms with E-state index >= 15 is 0 Å². The van der Waals surface area contributed by atoms with Gasteiger partial charge in [0.15, 0.2) is 0 Å². The van der Waals surface area contributed by atoms with Gasteiger partial charge in [0.05, 0.1) is 19.8 Å². The Labute approximate surface area is 79.2 Å². The maximum atomic E-state index is 11.3. The molecule has 0 rings (SSSR count). The third-order valence-corrected chi connectivity index (χ3v) is 1.51. The van der Waals surface area contributed by atoms with E-state index in [0.29, 0.717) is 26.4 Å². The van der Waals surface area contributed by atoms with Gasteiger partial charge < -0.3 is 14.2 Å². The fourth-order valence-corrected chi connectivity index (χ4v) is 0.906. The van der Waals surface area contributed by atoms with Crippen molar-refractivity contribution in [2.24, 2.45) is 5.92 Å².